The lowest BCUT2D eigenvalue weighted by molar-refractivity contribution is -0.141. The van der Waals surface area contributed by atoms with Crippen molar-refractivity contribution in [3.63, 3.8) is 0 Å². The molecule has 1 saturated heterocycles. The predicted octanol–water partition coefficient (Wildman–Crippen LogP) is -0.288. The van der Waals surface area contributed by atoms with Crippen LogP contribution in [0.25, 0.3) is 0 Å². The molecule has 0 aromatic heterocycles. The van der Waals surface area contributed by atoms with Gasteiger partial charge >= 0.3 is 0 Å². The van der Waals surface area contributed by atoms with Crippen molar-refractivity contribution in [3.05, 3.63) is 0 Å². The molecule has 1 heterocycles. The SMILES string of the molecule is COCCN(CCO)C(=O)C1CCCN(C(C)=O)C1. The van der Waals surface area contributed by atoms with Gasteiger partial charge in [0.15, 0.2) is 0 Å². The van der Waals surface area contributed by atoms with Crippen molar-refractivity contribution < 1.29 is 19.4 Å². The number of rotatable bonds is 6. The first-order chi connectivity index (χ1) is 9.10. The Morgan fingerprint density at radius 3 is 2.74 bits per heavy atom. The van der Waals surface area contributed by atoms with Gasteiger partial charge in [0.05, 0.1) is 19.1 Å². The summed E-state index contributed by atoms with van der Waals surface area (Å²) in [7, 11) is 1.58. The van der Waals surface area contributed by atoms with Crippen LogP contribution in [-0.2, 0) is 14.3 Å². The zero-order valence-electron chi connectivity index (χ0n) is 11.8. The average molecular weight is 272 g/mol. The van der Waals surface area contributed by atoms with Crippen LogP contribution in [0.1, 0.15) is 19.8 Å². The Hall–Kier alpha value is -1.14. The van der Waals surface area contributed by atoms with Gasteiger partial charge in [0.1, 0.15) is 0 Å². The standard InChI is InChI=1S/C13H24N2O4/c1-11(17)15-5-3-4-12(10-15)13(18)14(6-8-16)7-9-19-2/h12,16H,3-10H2,1-2H3. The monoisotopic (exact) mass is 272 g/mol. The van der Waals surface area contributed by atoms with E-state index >= 15 is 0 Å². The van der Waals surface area contributed by atoms with Crippen molar-refractivity contribution in [2.75, 3.05) is 46.5 Å². The second kappa shape index (κ2) is 8.12. The molecule has 6 nitrogen and oxygen atoms in total. The highest BCUT2D eigenvalue weighted by atomic mass is 16.5. The maximum Gasteiger partial charge on any atom is 0.227 e. The first kappa shape index (κ1) is 15.9. The van der Waals surface area contributed by atoms with Crippen molar-refractivity contribution in [3.8, 4) is 0 Å². The molecule has 0 bridgehead atoms. The Kier molecular flexibility index (Phi) is 6.80. The molecule has 1 rings (SSSR count). The van der Waals surface area contributed by atoms with E-state index in [9.17, 15) is 9.59 Å². The minimum atomic E-state index is -0.152. The number of hydrogen-bond acceptors (Lipinski definition) is 4. The highest BCUT2D eigenvalue weighted by Gasteiger charge is 2.29. The van der Waals surface area contributed by atoms with Crippen LogP contribution in [0, 0.1) is 5.92 Å². The van der Waals surface area contributed by atoms with Crippen LogP contribution in [0.4, 0.5) is 0 Å². The summed E-state index contributed by atoms with van der Waals surface area (Å²) >= 11 is 0. The van der Waals surface area contributed by atoms with Gasteiger partial charge in [-0.15, -0.1) is 0 Å². The quantitative estimate of drug-likeness (QED) is 0.721. The zero-order valence-corrected chi connectivity index (χ0v) is 11.8. The van der Waals surface area contributed by atoms with Gasteiger partial charge in [-0.1, -0.05) is 0 Å². The number of amides is 2. The van der Waals surface area contributed by atoms with Crippen molar-refractivity contribution in [1.82, 2.24) is 9.80 Å². The van der Waals surface area contributed by atoms with E-state index in [-0.39, 0.29) is 24.3 Å². The fraction of sp³-hybridized carbons (Fsp3) is 0.846. The molecule has 1 atom stereocenters. The smallest absolute Gasteiger partial charge is 0.227 e. The predicted molar refractivity (Wildman–Crippen MR) is 70.5 cm³/mol. The maximum atomic E-state index is 12.4. The van der Waals surface area contributed by atoms with Gasteiger partial charge in [-0.25, -0.2) is 0 Å². The van der Waals surface area contributed by atoms with Gasteiger partial charge in [0, 0.05) is 40.2 Å². The Balaban J connectivity index is 2.59. The van der Waals surface area contributed by atoms with Gasteiger partial charge in [0.2, 0.25) is 11.8 Å². The largest absolute Gasteiger partial charge is 0.395 e. The van der Waals surface area contributed by atoms with Crippen LogP contribution in [0.2, 0.25) is 0 Å². The molecule has 6 heteroatoms. The molecule has 0 radical (unpaired) electrons. The average Bonchev–Trinajstić information content (AvgIpc) is 2.42. The van der Waals surface area contributed by atoms with Crippen LogP contribution in [0.15, 0.2) is 0 Å². The molecule has 110 valence electrons. The maximum absolute atomic E-state index is 12.4. The summed E-state index contributed by atoms with van der Waals surface area (Å²) in [5.41, 5.74) is 0. The van der Waals surface area contributed by atoms with Crippen molar-refractivity contribution in [2.24, 2.45) is 5.92 Å². The normalized spacial score (nSPS) is 19.3. The molecule has 0 aromatic rings. The number of hydrogen-bond donors (Lipinski definition) is 1. The number of ether oxygens (including phenoxy) is 1. The minimum Gasteiger partial charge on any atom is -0.395 e. The molecule has 1 aliphatic heterocycles. The summed E-state index contributed by atoms with van der Waals surface area (Å²) in [6.07, 6.45) is 1.66. The van der Waals surface area contributed by atoms with Crippen LogP contribution in [0.3, 0.4) is 0 Å². The number of nitrogens with zero attached hydrogens (tertiary/aromatic N) is 2. The Morgan fingerprint density at radius 1 is 1.42 bits per heavy atom. The molecule has 0 aliphatic carbocycles. The van der Waals surface area contributed by atoms with Gasteiger partial charge < -0.3 is 19.6 Å². The molecule has 1 unspecified atom stereocenters. The molecule has 19 heavy (non-hydrogen) atoms. The minimum absolute atomic E-state index is 0.0112. The van der Waals surface area contributed by atoms with Crippen LogP contribution in [0.5, 0.6) is 0 Å². The second-order valence-electron chi connectivity index (χ2n) is 4.85. The van der Waals surface area contributed by atoms with E-state index in [0.717, 1.165) is 19.4 Å². The third kappa shape index (κ3) is 4.80. The van der Waals surface area contributed by atoms with Gasteiger partial charge in [-0.3, -0.25) is 9.59 Å². The topological polar surface area (TPSA) is 70.1 Å². The summed E-state index contributed by atoms with van der Waals surface area (Å²) in [4.78, 5) is 27.1. The van der Waals surface area contributed by atoms with Gasteiger partial charge in [0.25, 0.3) is 0 Å². The van der Waals surface area contributed by atoms with Crippen LogP contribution >= 0.6 is 0 Å². The molecular weight excluding hydrogens is 248 g/mol. The molecular formula is C13H24N2O4. The molecule has 2 amide bonds. The fourth-order valence-corrected chi connectivity index (χ4v) is 2.38. The number of piperidine rings is 1. The van der Waals surface area contributed by atoms with Crippen LogP contribution in [-0.4, -0.2) is 73.2 Å². The summed E-state index contributed by atoms with van der Waals surface area (Å²) in [6, 6.07) is 0. The summed E-state index contributed by atoms with van der Waals surface area (Å²) in [6.45, 7) is 3.95. The van der Waals surface area contributed by atoms with E-state index in [1.807, 2.05) is 0 Å². The Morgan fingerprint density at radius 2 is 2.16 bits per heavy atom. The van der Waals surface area contributed by atoms with Gasteiger partial charge in [-0.05, 0) is 12.8 Å². The molecule has 1 aliphatic rings. The van der Waals surface area contributed by atoms with Gasteiger partial charge in [-0.2, -0.15) is 0 Å². The lowest BCUT2D eigenvalue weighted by Gasteiger charge is -2.34. The molecule has 0 spiro atoms. The summed E-state index contributed by atoms with van der Waals surface area (Å²) in [5.74, 6) is -0.124. The number of methoxy groups -OCH3 is 1. The molecule has 0 aromatic carbocycles. The van der Waals surface area contributed by atoms with Crippen molar-refractivity contribution >= 4 is 11.8 Å². The number of aliphatic hydroxyl groups excluding tert-OH is 1. The van der Waals surface area contributed by atoms with E-state index in [0.29, 0.717) is 26.2 Å². The fourth-order valence-electron chi connectivity index (χ4n) is 2.38. The first-order valence-electron chi connectivity index (χ1n) is 6.74. The number of carbonyl (C=O) groups is 2. The van der Waals surface area contributed by atoms with E-state index in [1.54, 1.807) is 16.9 Å². The Bertz CT molecular complexity index is 309. The molecule has 1 N–H and O–H groups in total. The van der Waals surface area contributed by atoms with E-state index in [4.69, 9.17) is 9.84 Å². The second-order valence-corrected chi connectivity index (χ2v) is 4.85. The van der Waals surface area contributed by atoms with E-state index in [1.165, 1.54) is 6.92 Å². The number of likely N-dealkylation sites (tertiary alicyclic amines) is 1. The van der Waals surface area contributed by atoms with E-state index < -0.39 is 0 Å². The summed E-state index contributed by atoms with van der Waals surface area (Å²) < 4.78 is 4.98. The highest BCUT2D eigenvalue weighted by Crippen LogP contribution is 2.19. The Labute approximate surface area is 114 Å². The molecule has 1 fully saturated rings. The third-order valence-electron chi connectivity index (χ3n) is 3.46. The molecule has 0 saturated carbocycles. The highest BCUT2D eigenvalue weighted by molar-refractivity contribution is 5.80. The number of aliphatic hydroxyl groups is 1. The van der Waals surface area contributed by atoms with Crippen molar-refractivity contribution in [2.45, 2.75) is 19.8 Å². The third-order valence-corrected chi connectivity index (χ3v) is 3.46. The first-order valence-corrected chi connectivity index (χ1v) is 6.74. The zero-order chi connectivity index (χ0) is 14.3. The lowest BCUT2D eigenvalue weighted by Crippen LogP contribution is -2.47. The lowest BCUT2D eigenvalue weighted by atomic mass is 9.96. The van der Waals surface area contributed by atoms with E-state index in [2.05, 4.69) is 0 Å². The van der Waals surface area contributed by atoms with Crippen LogP contribution < -0.4 is 0 Å². The van der Waals surface area contributed by atoms with Crippen molar-refractivity contribution in [1.29, 1.82) is 0 Å². The summed E-state index contributed by atoms with van der Waals surface area (Å²) in [5, 5.41) is 9.02. The number of carbonyl (C=O) groups excluding carboxylic acids is 2.